The van der Waals surface area contributed by atoms with Crippen molar-refractivity contribution in [3.05, 3.63) is 206 Å². The summed E-state index contributed by atoms with van der Waals surface area (Å²) < 4.78 is 0. The Labute approximate surface area is 323 Å². The summed E-state index contributed by atoms with van der Waals surface area (Å²) in [5, 5.41) is 10.1. The van der Waals surface area contributed by atoms with Crippen molar-refractivity contribution >= 4 is 43.1 Å². The molecule has 0 saturated carbocycles. The Hall–Kier alpha value is -6.76. The molecule has 55 heavy (non-hydrogen) atoms. The molecule has 0 heterocycles. The van der Waals surface area contributed by atoms with Gasteiger partial charge in [-0.1, -0.05) is 202 Å². The first-order valence-electron chi connectivity index (χ1n) is 19.4. The molecule has 0 aliphatic heterocycles. The minimum absolute atomic E-state index is 0.446. The van der Waals surface area contributed by atoms with Crippen molar-refractivity contribution < 1.29 is 0 Å². The van der Waals surface area contributed by atoms with E-state index in [1.165, 1.54) is 104 Å². The molecule has 0 fully saturated rings. The van der Waals surface area contributed by atoms with Gasteiger partial charge in [0.2, 0.25) is 0 Å². The van der Waals surface area contributed by atoms with Crippen LogP contribution in [0.1, 0.15) is 25.3 Å². The van der Waals surface area contributed by atoms with Gasteiger partial charge in [-0.25, -0.2) is 0 Å². The molecule has 0 N–H and O–H groups in total. The van der Waals surface area contributed by atoms with Crippen molar-refractivity contribution in [1.29, 1.82) is 0 Å². The molecule has 0 aliphatic carbocycles. The van der Waals surface area contributed by atoms with Gasteiger partial charge in [0.25, 0.3) is 0 Å². The van der Waals surface area contributed by atoms with Crippen molar-refractivity contribution in [2.45, 2.75) is 19.8 Å². The second-order valence-corrected chi connectivity index (χ2v) is 15.0. The van der Waals surface area contributed by atoms with Crippen molar-refractivity contribution in [3.63, 3.8) is 0 Å². The Bertz CT molecular complexity index is 3000. The van der Waals surface area contributed by atoms with Gasteiger partial charge in [0.05, 0.1) is 0 Å². The molecule has 260 valence electrons. The lowest BCUT2D eigenvalue weighted by molar-refractivity contribution is 0.867. The summed E-state index contributed by atoms with van der Waals surface area (Å²) in [7, 11) is 0. The molecule has 0 saturated heterocycles. The van der Waals surface area contributed by atoms with E-state index >= 15 is 0 Å². The number of benzene rings is 10. The summed E-state index contributed by atoms with van der Waals surface area (Å²) in [4.78, 5) is 0. The molecule has 0 radical (unpaired) electrons. The fourth-order valence-corrected chi connectivity index (χ4v) is 8.75. The molecule has 10 rings (SSSR count). The van der Waals surface area contributed by atoms with Crippen LogP contribution in [0.3, 0.4) is 0 Å². The third-order valence-corrected chi connectivity index (χ3v) is 11.4. The smallest absolute Gasteiger partial charge is 0.00199 e. The molecule has 0 nitrogen and oxygen atoms in total. The van der Waals surface area contributed by atoms with Crippen LogP contribution in [0.5, 0.6) is 0 Å². The Kier molecular flexibility index (Phi) is 8.11. The van der Waals surface area contributed by atoms with E-state index in [0.29, 0.717) is 5.92 Å². The van der Waals surface area contributed by atoms with Crippen molar-refractivity contribution in [2.75, 3.05) is 0 Å². The maximum absolute atomic E-state index is 2.45. The van der Waals surface area contributed by atoms with Crippen LogP contribution in [-0.4, -0.2) is 0 Å². The maximum Gasteiger partial charge on any atom is -0.00199 e. The predicted octanol–water partition coefficient (Wildman–Crippen LogP) is 15.8. The van der Waals surface area contributed by atoms with Crippen LogP contribution in [0.15, 0.2) is 200 Å². The molecule has 10 aromatic rings. The Morgan fingerprint density at radius 1 is 0.273 bits per heavy atom. The molecule has 0 aromatic heterocycles. The third-order valence-electron chi connectivity index (χ3n) is 11.4. The molecular formula is C55H40. The highest BCUT2D eigenvalue weighted by Crippen LogP contribution is 2.48. The Morgan fingerprint density at radius 3 is 1.40 bits per heavy atom. The first-order valence-corrected chi connectivity index (χ1v) is 19.4. The van der Waals surface area contributed by atoms with Gasteiger partial charge in [-0.05, 0) is 122 Å². The first-order chi connectivity index (χ1) is 27.1. The van der Waals surface area contributed by atoms with Crippen LogP contribution < -0.4 is 0 Å². The lowest BCUT2D eigenvalue weighted by atomic mass is 9.82. The van der Waals surface area contributed by atoms with E-state index in [9.17, 15) is 0 Å². The van der Waals surface area contributed by atoms with Crippen molar-refractivity contribution in [1.82, 2.24) is 0 Å². The van der Waals surface area contributed by atoms with Crippen LogP contribution >= 0.6 is 0 Å². The van der Waals surface area contributed by atoms with E-state index in [1.807, 2.05) is 0 Å². The average molecular weight is 701 g/mol. The van der Waals surface area contributed by atoms with Crippen molar-refractivity contribution in [2.24, 2.45) is 0 Å². The molecule has 0 bridgehead atoms. The number of rotatable bonds is 6. The third kappa shape index (κ3) is 5.70. The molecule has 0 unspecified atom stereocenters. The topological polar surface area (TPSA) is 0 Å². The highest BCUT2D eigenvalue weighted by molar-refractivity contribution is 6.23. The zero-order chi connectivity index (χ0) is 36.9. The van der Waals surface area contributed by atoms with E-state index < -0.39 is 0 Å². The van der Waals surface area contributed by atoms with Gasteiger partial charge in [0.1, 0.15) is 0 Å². The summed E-state index contributed by atoms with van der Waals surface area (Å²) in [5.41, 5.74) is 13.8. The average Bonchev–Trinajstić information content (AvgIpc) is 3.25. The first kappa shape index (κ1) is 32.9. The normalized spacial score (nSPS) is 11.6. The summed E-state index contributed by atoms with van der Waals surface area (Å²) in [6.45, 7) is 4.55. The zero-order valence-corrected chi connectivity index (χ0v) is 31.1. The van der Waals surface area contributed by atoms with E-state index in [-0.39, 0.29) is 0 Å². The van der Waals surface area contributed by atoms with Crippen LogP contribution in [0.4, 0.5) is 0 Å². The van der Waals surface area contributed by atoms with E-state index in [1.54, 1.807) is 0 Å². The molecule has 0 aliphatic rings. The summed E-state index contributed by atoms with van der Waals surface area (Å²) in [5.74, 6) is 0.446. The summed E-state index contributed by atoms with van der Waals surface area (Å²) in [6.07, 6.45) is 0. The van der Waals surface area contributed by atoms with Gasteiger partial charge in [-0.15, -0.1) is 0 Å². The summed E-state index contributed by atoms with van der Waals surface area (Å²) in [6, 6.07) is 74.2. The van der Waals surface area contributed by atoms with Crippen LogP contribution in [-0.2, 0) is 0 Å². The molecule has 0 spiro atoms. The SMILES string of the molecule is CC(C)c1cccc(-c2c3ccccc3c(-c3cc(-c4cccc(-c5cccc6ccccc56)c4)ccc3-c3cccc4ccccc34)c3ccccc23)c1. The minimum atomic E-state index is 0.446. The van der Waals surface area contributed by atoms with Gasteiger partial charge in [0.15, 0.2) is 0 Å². The van der Waals surface area contributed by atoms with Crippen LogP contribution in [0.2, 0.25) is 0 Å². The number of hydrogen-bond acceptors (Lipinski definition) is 0. The highest BCUT2D eigenvalue weighted by atomic mass is 14.2. The lowest BCUT2D eigenvalue weighted by Crippen LogP contribution is -1.95. The maximum atomic E-state index is 2.45. The fourth-order valence-electron chi connectivity index (χ4n) is 8.75. The zero-order valence-electron chi connectivity index (χ0n) is 31.1. The van der Waals surface area contributed by atoms with Gasteiger partial charge >= 0.3 is 0 Å². The predicted molar refractivity (Wildman–Crippen MR) is 238 cm³/mol. The van der Waals surface area contributed by atoms with Crippen LogP contribution in [0, 0.1) is 0 Å². The van der Waals surface area contributed by atoms with Gasteiger partial charge < -0.3 is 0 Å². The van der Waals surface area contributed by atoms with Gasteiger partial charge in [-0.3, -0.25) is 0 Å². The fraction of sp³-hybridized carbons (Fsp3) is 0.0545. The number of hydrogen-bond donors (Lipinski definition) is 0. The lowest BCUT2D eigenvalue weighted by Gasteiger charge is -2.21. The minimum Gasteiger partial charge on any atom is -0.0616 e. The summed E-state index contributed by atoms with van der Waals surface area (Å²) >= 11 is 0. The molecule has 0 atom stereocenters. The van der Waals surface area contributed by atoms with Gasteiger partial charge in [-0.2, -0.15) is 0 Å². The molecule has 0 heteroatoms. The second-order valence-electron chi connectivity index (χ2n) is 15.0. The second kappa shape index (κ2) is 13.6. The van der Waals surface area contributed by atoms with E-state index in [4.69, 9.17) is 0 Å². The van der Waals surface area contributed by atoms with E-state index in [0.717, 1.165) is 0 Å². The number of fused-ring (bicyclic) bond motifs is 4. The monoisotopic (exact) mass is 700 g/mol. The molecule has 10 aromatic carbocycles. The molecular weight excluding hydrogens is 661 g/mol. The standard InChI is InChI=1S/C55H40/c1-36(2)39-19-11-22-43(33-39)54-49-25-7-9-27-51(49)55(52-28-10-8-26-50(52)54)53-35-41(31-32-48(53)47-30-14-18-38-16-4-6-24-45(38)47)40-20-12-21-42(34-40)46-29-13-17-37-15-3-5-23-44(37)46/h3-36H,1-2H3. The Morgan fingerprint density at radius 2 is 0.745 bits per heavy atom. The van der Waals surface area contributed by atoms with Gasteiger partial charge in [0, 0.05) is 0 Å². The highest BCUT2D eigenvalue weighted by Gasteiger charge is 2.21. The van der Waals surface area contributed by atoms with Crippen molar-refractivity contribution in [3.8, 4) is 55.6 Å². The van der Waals surface area contributed by atoms with Crippen LogP contribution in [0.25, 0.3) is 98.7 Å². The quantitative estimate of drug-likeness (QED) is 0.152. The van der Waals surface area contributed by atoms with E-state index in [2.05, 4.69) is 214 Å². The Balaban J connectivity index is 1.27. The molecule has 0 amide bonds. The largest absolute Gasteiger partial charge is 0.0616 e.